The molecule has 152 valence electrons. The second kappa shape index (κ2) is 6.65. The van der Waals surface area contributed by atoms with E-state index >= 15 is 0 Å². The van der Waals surface area contributed by atoms with Crippen LogP contribution in [0.4, 0.5) is 0 Å². The fourth-order valence-electron chi connectivity index (χ4n) is 4.45. The highest BCUT2D eigenvalue weighted by Gasteiger charge is 2.63. The van der Waals surface area contributed by atoms with Crippen molar-refractivity contribution in [1.82, 2.24) is 14.5 Å². The molecular weight excluding hydrogens is 413 g/mol. The van der Waals surface area contributed by atoms with Crippen LogP contribution in [0, 0.1) is 0 Å². The third-order valence-corrected chi connectivity index (χ3v) is 6.44. The Kier molecular flexibility index (Phi) is 4.42. The van der Waals surface area contributed by atoms with E-state index in [1.807, 2.05) is 42.8 Å². The van der Waals surface area contributed by atoms with Crippen molar-refractivity contribution in [3.05, 3.63) is 58.6 Å². The highest BCUT2D eigenvalue weighted by Crippen LogP contribution is 2.51. The van der Waals surface area contributed by atoms with Crippen molar-refractivity contribution < 1.29 is 14.2 Å². The Morgan fingerprint density at radius 1 is 1.14 bits per heavy atom. The number of rotatable bonds is 3. The minimum absolute atomic E-state index is 0.240. The second-order valence-electron chi connectivity index (χ2n) is 8.22. The van der Waals surface area contributed by atoms with Crippen LogP contribution in [0.25, 0.3) is 11.0 Å². The van der Waals surface area contributed by atoms with Crippen LogP contribution >= 0.6 is 23.2 Å². The van der Waals surface area contributed by atoms with Gasteiger partial charge in [-0.1, -0.05) is 29.3 Å². The second-order valence-corrected chi connectivity index (χ2v) is 9.03. The smallest absolute Gasteiger partial charge is 0.165 e. The number of halogens is 2. The van der Waals surface area contributed by atoms with Gasteiger partial charge in [0.2, 0.25) is 0 Å². The van der Waals surface area contributed by atoms with Crippen molar-refractivity contribution in [1.29, 1.82) is 0 Å². The van der Waals surface area contributed by atoms with Crippen LogP contribution in [0.3, 0.4) is 0 Å². The first kappa shape index (κ1) is 19.3. The zero-order valence-corrected chi connectivity index (χ0v) is 17.8. The zero-order chi connectivity index (χ0) is 20.4. The van der Waals surface area contributed by atoms with Crippen molar-refractivity contribution in [2.45, 2.75) is 57.0 Å². The van der Waals surface area contributed by atoms with Crippen LogP contribution in [0.2, 0.25) is 10.0 Å². The molecular formula is C21H21Cl2N3O3. The first-order valence-electron chi connectivity index (χ1n) is 9.51. The minimum atomic E-state index is -0.713. The normalized spacial score (nSPS) is 30.7. The predicted octanol–water partition coefficient (Wildman–Crippen LogP) is 4.79. The lowest BCUT2D eigenvalue weighted by Gasteiger charge is -2.29. The molecule has 4 atom stereocenters. The molecule has 0 amide bonds. The summed E-state index contributed by atoms with van der Waals surface area (Å²) in [5.74, 6) is -0.713. The summed E-state index contributed by atoms with van der Waals surface area (Å²) >= 11 is 12.3. The zero-order valence-electron chi connectivity index (χ0n) is 16.3. The van der Waals surface area contributed by atoms with E-state index in [-0.39, 0.29) is 18.4 Å². The third kappa shape index (κ3) is 3.14. The first-order valence-corrected chi connectivity index (χ1v) is 10.3. The molecule has 0 bridgehead atoms. The molecule has 0 saturated carbocycles. The number of benzene rings is 1. The molecule has 6 nitrogen and oxygen atoms in total. The van der Waals surface area contributed by atoms with Gasteiger partial charge in [0, 0.05) is 24.2 Å². The SMILES string of the molecule is CC1(C)O[C@H]2[C@H](n3ccc4cncnc43)O[C@H](Cc3ccc(Cl)c(Cl)c3)[C@@]2(C)O1. The molecule has 0 radical (unpaired) electrons. The van der Waals surface area contributed by atoms with Crippen LogP contribution in [0.15, 0.2) is 43.0 Å². The van der Waals surface area contributed by atoms with Crippen LogP contribution in [-0.4, -0.2) is 38.1 Å². The first-order chi connectivity index (χ1) is 13.8. The van der Waals surface area contributed by atoms with Gasteiger partial charge in [-0.05, 0) is 44.5 Å². The lowest BCUT2D eigenvalue weighted by Crippen LogP contribution is -2.44. The van der Waals surface area contributed by atoms with Crippen LogP contribution < -0.4 is 0 Å². The van der Waals surface area contributed by atoms with Crippen molar-refractivity contribution in [3.8, 4) is 0 Å². The van der Waals surface area contributed by atoms with E-state index in [2.05, 4.69) is 16.9 Å². The lowest BCUT2D eigenvalue weighted by molar-refractivity contribution is -0.209. The third-order valence-electron chi connectivity index (χ3n) is 5.70. The van der Waals surface area contributed by atoms with Crippen molar-refractivity contribution in [2.75, 3.05) is 0 Å². The monoisotopic (exact) mass is 433 g/mol. The minimum Gasteiger partial charge on any atom is -0.348 e. The molecule has 4 heterocycles. The molecule has 0 spiro atoms. The highest BCUT2D eigenvalue weighted by atomic mass is 35.5. The quantitative estimate of drug-likeness (QED) is 0.594. The Labute approximate surface area is 178 Å². The van der Waals surface area contributed by atoms with Gasteiger partial charge in [-0.2, -0.15) is 0 Å². The molecule has 29 heavy (non-hydrogen) atoms. The molecule has 3 aromatic rings. The maximum Gasteiger partial charge on any atom is 0.165 e. The average Bonchev–Trinajstić information content (AvgIpc) is 3.27. The number of nitrogens with zero attached hydrogens (tertiary/aromatic N) is 3. The van der Waals surface area contributed by atoms with Gasteiger partial charge in [-0.15, -0.1) is 0 Å². The summed E-state index contributed by atoms with van der Waals surface area (Å²) in [7, 11) is 0. The van der Waals surface area contributed by atoms with Crippen LogP contribution in [-0.2, 0) is 20.6 Å². The molecule has 2 aromatic heterocycles. The summed E-state index contributed by atoms with van der Waals surface area (Å²) in [6.07, 6.45) is 4.99. The molecule has 2 fully saturated rings. The molecule has 2 aliphatic rings. The van der Waals surface area contributed by atoms with Crippen molar-refractivity contribution >= 4 is 34.2 Å². The topological polar surface area (TPSA) is 58.4 Å². The van der Waals surface area contributed by atoms with E-state index < -0.39 is 11.4 Å². The van der Waals surface area contributed by atoms with Gasteiger partial charge in [-0.3, -0.25) is 0 Å². The number of hydrogen-bond donors (Lipinski definition) is 0. The molecule has 1 aromatic carbocycles. The van der Waals surface area contributed by atoms with E-state index in [9.17, 15) is 0 Å². The summed E-state index contributed by atoms with van der Waals surface area (Å²) in [6.45, 7) is 5.91. The summed E-state index contributed by atoms with van der Waals surface area (Å²) in [4.78, 5) is 8.53. The Morgan fingerprint density at radius 3 is 2.76 bits per heavy atom. The molecule has 0 unspecified atom stereocenters. The number of aromatic nitrogens is 3. The van der Waals surface area contributed by atoms with Crippen molar-refractivity contribution in [2.24, 2.45) is 0 Å². The number of ether oxygens (including phenoxy) is 3. The van der Waals surface area contributed by atoms with Gasteiger partial charge in [0.1, 0.15) is 23.7 Å². The van der Waals surface area contributed by atoms with E-state index in [1.54, 1.807) is 12.3 Å². The fourth-order valence-corrected chi connectivity index (χ4v) is 4.77. The Hall–Kier alpha value is -1.70. The number of hydrogen-bond acceptors (Lipinski definition) is 5. The number of fused-ring (bicyclic) bond motifs is 2. The van der Waals surface area contributed by atoms with E-state index in [4.69, 9.17) is 37.4 Å². The van der Waals surface area contributed by atoms with E-state index in [0.29, 0.717) is 16.5 Å². The molecule has 0 aliphatic carbocycles. The summed E-state index contributed by atoms with van der Waals surface area (Å²) in [5.41, 5.74) is 1.19. The standard InChI is InChI=1S/C21H21Cl2N3O3/c1-20(2)28-17-19(26-7-6-13-10-24-11-25-18(13)26)27-16(21(17,3)29-20)9-12-4-5-14(22)15(23)8-12/h4-8,10-11,16-17,19H,9H2,1-3H3/t16-,17+,19-,21-/m1/s1. The van der Waals surface area contributed by atoms with Crippen LogP contribution in [0.1, 0.15) is 32.6 Å². The Bertz CT molecular complexity index is 1090. The van der Waals surface area contributed by atoms with Gasteiger partial charge >= 0.3 is 0 Å². The molecule has 2 aliphatic heterocycles. The fraction of sp³-hybridized carbons (Fsp3) is 0.429. The predicted molar refractivity (Wildman–Crippen MR) is 110 cm³/mol. The van der Waals surface area contributed by atoms with Crippen LogP contribution in [0.5, 0.6) is 0 Å². The Balaban J connectivity index is 1.53. The average molecular weight is 434 g/mol. The maximum absolute atomic E-state index is 6.53. The molecule has 2 saturated heterocycles. The van der Waals surface area contributed by atoms with Gasteiger partial charge in [-0.25, -0.2) is 9.97 Å². The molecule has 8 heteroatoms. The highest BCUT2D eigenvalue weighted by molar-refractivity contribution is 6.42. The summed E-state index contributed by atoms with van der Waals surface area (Å²) in [6, 6.07) is 7.61. The maximum atomic E-state index is 6.53. The Morgan fingerprint density at radius 2 is 1.97 bits per heavy atom. The lowest BCUT2D eigenvalue weighted by atomic mass is 9.90. The largest absolute Gasteiger partial charge is 0.348 e. The van der Waals surface area contributed by atoms with Crippen molar-refractivity contribution in [3.63, 3.8) is 0 Å². The van der Waals surface area contributed by atoms with Gasteiger partial charge in [0.05, 0.1) is 16.1 Å². The van der Waals surface area contributed by atoms with E-state index in [0.717, 1.165) is 16.6 Å². The summed E-state index contributed by atoms with van der Waals surface area (Å²) < 4.78 is 21.2. The van der Waals surface area contributed by atoms with Gasteiger partial charge < -0.3 is 18.8 Å². The molecule has 5 rings (SSSR count). The molecule has 0 N–H and O–H groups in total. The summed E-state index contributed by atoms with van der Waals surface area (Å²) in [5, 5.41) is 2.01. The van der Waals surface area contributed by atoms with E-state index in [1.165, 1.54) is 6.33 Å². The van der Waals surface area contributed by atoms with Gasteiger partial charge in [0.25, 0.3) is 0 Å². The van der Waals surface area contributed by atoms with Gasteiger partial charge in [0.15, 0.2) is 12.0 Å².